The van der Waals surface area contributed by atoms with E-state index in [-0.39, 0.29) is 34.5 Å². The van der Waals surface area contributed by atoms with Crippen molar-refractivity contribution >= 4 is 34.7 Å². The molecule has 1 atom stereocenters. The van der Waals surface area contributed by atoms with E-state index in [9.17, 15) is 14.7 Å². The van der Waals surface area contributed by atoms with Gasteiger partial charge in [-0.2, -0.15) is 0 Å². The Bertz CT molecular complexity index is 1330. The van der Waals surface area contributed by atoms with E-state index in [0.717, 1.165) is 0 Å². The highest BCUT2D eigenvalue weighted by atomic mass is 35.5. The number of Topliss-reactive ketones (excluding diaryl/α,β-unsaturated/α-hetero) is 1. The predicted molar refractivity (Wildman–Crippen MR) is 121 cm³/mol. The number of anilines is 1. The number of furan rings is 1. The van der Waals surface area contributed by atoms with Crippen molar-refractivity contribution in [2.75, 3.05) is 25.9 Å². The number of amides is 1. The summed E-state index contributed by atoms with van der Waals surface area (Å²) in [5.41, 5.74) is 0.303. The highest BCUT2D eigenvalue weighted by molar-refractivity contribution is 6.51. The number of hydrogen-bond acceptors (Lipinski definition) is 8. The smallest absolute Gasteiger partial charge is 0.300 e. The Labute approximate surface area is 198 Å². The number of ketones is 1. The Kier molecular flexibility index (Phi) is 5.33. The number of carbonyl (C=O) groups is 2. The van der Waals surface area contributed by atoms with Gasteiger partial charge in [0.05, 0.1) is 36.6 Å². The van der Waals surface area contributed by atoms with Crippen molar-refractivity contribution in [1.82, 2.24) is 0 Å². The molecule has 5 rings (SSSR count). The molecule has 2 aliphatic heterocycles. The first-order chi connectivity index (χ1) is 16.4. The fourth-order valence-corrected chi connectivity index (χ4v) is 4.28. The number of rotatable bonds is 5. The van der Waals surface area contributed by atoms with Gasteiger partial charge in [0.2, 0.25) is 6.79 Å². The number of hydrogen-bond donors (Lipinski definition) is 1. The Morgan fingerprint density at radius 3 is 2.53 bits per heavy atom. The molecule has 34 heavy (non-hydrogen) atoms. The molecule has 3 heterocycles. The molecule has 1 saturated heterocycles. The molecule has 0 saturated carbocycles. The van der Waals surface area contributed by atoms with E-state index in [1.807, 2.05) is 0 Å². The molecule has 1 unspecified atom stereocenters. The first kappa shape index (κ1) is 21.7. The summed E-state index contributed by atoms with van der Waals surface area (Å²) in [6, 6.07) is 9.92. The lowest BCUT2D eigenvalue weighted by molar-refractivity contribution is -0.132. The number of benzene rings is 2. The zero-order valence-corrected chi connectivity index (χ0v) is 18.8. The standard InChI is InChI=1S/C24H18ClNO8/c1-30-17-10-18(31-2)14(25)9-13(17)22(27)20-21(16-4-3-7-32-16)26(24(29)23(20)28)12-5-6-15-19(8-12)34-11-33-15/h3-10,21,27H,11H2,1-2H3/b22-20-. The van der Waals surface area contributed by atoms with Crippen LogP contribution in [0.25, 0.3) is 5.76 Å². The monoisotopic (exact) mass is 483 g/mol. The fourth-order valence-electron chi connectivity index (χ4n) is 4.04. The molecule has 9 nitrogen and oxygen atoms in total. The minimum absolute atomic E-state index is 0.0528. The summed E-state index contributed by atoms with van der Waals surface area (Å²) < 4.78 is 26.9. The summed E-state index contributed by atoms with van der Waals surface area (Å²) in [7, 11) is 2.84. The highest BCUT2D eigenvalue weighted by Crippen LogP contribution is 2.46. The Morgan fingerprint density at radius 2 is 1.82 bits per heavy atom. The number of ether oxygens (including phenoxy) is 4. The maximum absolute atomic E-state index is 13.2. The van der Waals surface area contributed by atoms with Gasteiger partial charge in [0, 0.05) is 17.8 Å². The first-order valence-corrected chi connectivity index (χ1v) is 10.5. The van der Waals surface area contributed by atoms with Crippen LogP contribution in [0.2, 0.25) is 5.02 Å². The largest absolute Gasteiger partial charge is 0.507 e. The maximum atomic E-state index is 13.2. The third-order valence-electron chi connectivity index (χ3n) is 5.62. The van der Waals surface area contributed by atoms with Crippen LogP contribution < -0.4 is 23.8 Å². The molecular weight excluding hydrogens is 466 g/mol. The molecule has 1 amide bonds. The van der Waals surface area contributed by atoms with Crippen LogP contribution in [0, 0.1) is 0 Å². The predicted octanol–water partition coefficient (Wildman–Crippen LogP) is 4.31. The summed E-state index contributed by atoms with van der Waals surface area (Å²) in [6.45, 7) is 0.0528. The second-order valence-electron chi connectivity index (χ2n) is 7.41. The third-order valence-corrected chi connectivity index (χ3v) is 5.92. The summed E-state index contributed by atoms with van der Waals surface area (Å²) in [6.07, 6.45) is 1.42. The minimum Gasteiger partial charge on any atom is -0.507 e. The molecule has 0 aliphatic carbocycles. The molecule has 1 aromatic heterocycles. The van der Waals surface area contributed by atoms with Crippen molar-refractivity contribution in [2.45, 2.75) is 6.04 Å². The number of nitrogens with zero attached hydrogens (tertiary/aromatic N) is 1. The van der Waals surface area contributed by atoms with E-state index in [1.54, 1.807) is 30.3 Å². The van der Waals surface area contributed by atoms with Crippen LogP contribution in [-0.2, 0) is 9.59 Å². The van der Waals surface area contributed by atoms with Crippen LogP contribution in [0.5, 0.6) is 23.0 Å². The van der Waals surface area contributed by atoms with Crippen LogP contribution in [-0.4, -0.2) is 37.8 Å². The van der Waals surface area contributed by atoms with Gasteiger partial charge in [-0.15, -0.1) is 0 Å². The van der Waals surface area contributed by atoms with Gasteiger partial charge in [-0.3, -0.25) is 14.5 Å². The molecule has 2 aromatic carbocycles. The van der Waals surface area contributed by atoms with Crippen molar-refractivity contribution in [2.24, 2.45) is 0 Å². The summed E-state index contributed by atoms with van der Waals surface area (Å²) in [5, 5.41) is 11.5. The highest BCUT2D eigenvalue weighted by Gasteiger charge is 2.49. The zero-order valence-electron chi connectivity index (χ0n) is 18.0. The van der Waals surface area contributed by atoms with Crippen molar-refractivity contribution < 1.29 is 38.1 Å². The zero-order chi connectivity index (χ0) is 24.0. The SMILES string of the molecule is COc1cc(OC)c(/C(O)=C2/C(=O)C(=O)N(c3ccc4c(c3)OCO4)C2c2ccco2)cc1Cl. The Balaban J connectivity index is 1.71. The van der Waals surface area contributed by atoms with Crippen LogP contribution in [0.15, 0.2) is 58.7 Å². The van der Waals surface area contributed by atoms with Crippen LogP contribution in [0.4, 0.5) is 5.69 Å². The molecule has 1 fully saturated rings. The van der Waals surface area contributed by atoms with Crippen LogP contribution in [0.1, 0.15) is 17.4 Å². The van der Waals surface area contributed by atoms with Crippen LogP contribution >= 0.6 is 11.6 Å². The molecule has 10 heteroatoms. The van der Waals surface area contributed by atoms with Gasteiger partial charge in [-0.1, -0.05) is 11.6 Å². The minimum atomic E-state index is -1.05. The molecular formula is C24H18ClNO8. The lowest BCUT2D eigenvalue weighted by Crippen LogP contribution is -2.29. The molecule has 0 spiro atoms. The Hall–Kier alpha value is -4.11. The molecule has 0 radical (unpaired) electrons. The molecule has 174 valence electrons. The third kappa shape index (κ3) is 3.32. The Morgan fingerprint density at radius 1 is 1.06 bits per heavy atom. The molecule has 0 bridgehead atoms. The second-order valence-corrected chi connectivity index (χ2v) is 7.82. The number of aliphatic hydroxyl groups excluding tert-OH is 1. The van der Waals surface area contributed by atoms with Gasteiger partial charge < -0.3 is 28.5 Å². The van der Waals surface area contributed by atoms with E-state index >= 15 is 0 Å². The fraction of sp³-hybridized carbons (Fsp3) is 0.167. The summed E-state index contributed by atoms with van der Waals surface area (Å²) >= 11 is 6.27. The molecule has 2 aliphatic rings. The van der Waals surface area contributed by atoms with E-state index < -0.39 is 23.5 Å². The van der Waals surface area contributed by atoms with Crippen molar-refractivity contribution in [1.29, 1.82) is 0 Å². The number of halogens is 1. The lowest BCUT2D eigenvalue weighted by Gasteiger charge is -2.23. The lowest BCUT2D eigenvalue weighted by atomic mass is 9.98. The van der Waals surface area contributed by atoms with Gasteiger partial charge in [-0.05, 0) is 30.3 Å². The van der Waals surface area contributed by atoms with Crippen molar-refractivity contribution in [3.05, 3.63) is 70.6 Å². The van der Waals surface area contributed by atoms with E-state index in [2.05, 4.69) is 0 Å². The summed E-state index contributed by atoms with van der Waals surface area (Å²) in [5.74, 6) is -0.467. The van der Waals surface area contributed by atoms with Gasteiger partial charge in [-0.25, -0.2) is 0 Å². The second kappa shape index (κ2) is 8.35. The maximum Gasteiger partial charge on any atom is 0.300 e. The van der Waals surface area contributed by atoms with Gasteiger partial charge in [0.25, 0.3) is 11.7 Å². The topological polar surface area (TPSA) is 108 Å². The van der Waals surface area contributed by atoms with Gasteiger partial charge in [0.15, 0.2) is 11.5 Å². The van der Waals surface area contributed by atoms with E-state index in [0.29, 0.717) is 22.9 Å². The number of aliphatic hydroxyl groups is 1. The van der Waals surface area contributed by atoms with Crippen molar-refractivity contribution in [3.63, 3.8) is 0 Å². The van der Waals surface area contributed by atoms with Gasteiger partial charge >= 0.3 is 0 Å². The van der Waals surface area contributed by atoms with Crippen molar-refractivity contribution in [3.8, 4) is 23.0 Å². The van der Waals surface area contributed by atoms with E-state index in [4.69, 9.17) is 35.0 Å². The first-order valence-electron chi connectivity index (χ1n) is 10.1. The quantitative estimate of drug-likeness (QED) is 0.325. The van der Waals surface area contributed by atoms with Gasteiger partial charge in [0.1, 0.15) is 29.1 Å². The van der Waals surface area contributed by atoms with E-state index in [1.165, 1.54) is 37.5 Å². The molecule has 1 N–H and O–H groups in total. The average Bonchev–Trinajstić information content (AvgIpc) is 3.58. The number of methoxy groups -OCH3 is 2. The summed E-state index contributed by atoms with van der Waals surface area (Å²) in [4.78, 5) is 27.7. The normalized spacial score (nSPS) is 18.4. The average molecular weight is 484 g/mol. The van der Waals surface area contributed by atoms with Crippen LogP contribution in [0.3, 0.4) is 0 Å². The number of carbonyl (C=O) groups excluding carboxylic acids is 2. The molecule has 3 aromatic rings. The number of fused-ring (bicyclic) bond motifs is 1.